The number of rotatable bonds is 4. The predicted octanol–water partition coefficient (Wildman–Crippen LogP) is 1.41. The number of amides is 1. The van der Waals surface area contributed by atoms with E-state index >= 15 is 0 Å². The summed E-state index contributed by atoms with van der Waals surface area (Å²) in [6.07, 6.45) is 5.71. The van der Waals surface area contributed by atoms with E-state index in [1.807, 2.05) is 30.5 Å². The van der Waals surface area contributed by atoms with E-state index in [0.29, 0.717) is 12.1 Å². The van der Waals surface area contributed by atoms with E-state index in [4.69, 9.17) is 5.73 Å². The highest BCUT2D eigenvalue weighted by atomic mass is 16.2. The Morgan fingerprint density at radius 2 is 2.29 bits per heavy atom. The highest BCUT2D eigenvalue weighted by Gasteiger charge is 2.16. The number of para-hydroxylation sites is 1. The summed E-state index contributed by atoms with van der Waals surface area (Å²) < 4.78 is 1.63. The molecular weight excluding hydrogens is 266 g/mol. The van der Waals surface area contributed by atoms with Gasteiger partial charge in [0.1, 0.15) is 0 Å². The third-order valence-electron chi connectivity index (χ3n) is 3.42. The number of benzene rings is 1. The van der Waals surface area contributed by atoms with Gasteiger partial charge in [-0.05, 0) is 18.1 Å². The second kappa shape index (κ2) is 5.41. The van der Waals surface area contributed by atoms with Crippen LogP contribution in [0.25, 0.3) is 10.9 Å². The lowest BCUT2D eigenvalue weighted by Gasteiger charge is -2.10. The molecule has 0 fully saturated rings. The summed E-state index contributed by atoms with van der Waals surface area (Å²) in [4.78, 5) is 15.3. The molecule has 0 bridgehead atoms. The van der Waals surface area contributed by atoms with Crippen molar-refractivity contribution >= 4 is 22.5 Å². The van der Waals surface area contributed by atoms with E-state index in [-0.39, 0.29) is 5.91 Å². The number of carbonyl (C=O) groups is 1. The molecule has 0 aliphatic rings. The third kappa shape index (κ3) is 2.80. The summed E-state index contributed by atoms with van der Waals surface area (Å²) in [5.41, 5.74) is 8.74. The van der Waals surface area contributed by atoms with E-state index in [2.05, 4.69) is 15.4 Å². The number of aromatic nitrogens is 3. The number of nitrogens with zero attached hydrogens (tertiary/aromatic N) is 2. The number of nitrogens with one attached hydrogen (secondary N) is 2. The maximum atomic E-state index is 12.1. The molecule has 0 spiro atoms. The van der Waals surface area contributed by atoms with E-state index < -0.39 is 6.04 Å². The first kappa shape index (κ1) is 13.4. The van der Waals surface area contributed by atoms with E-state index in [0.717, 1.165) is 16.5 Å². The van der Waals surface area contributed by atoms with Gasteiger partial charge in [0.25, 0.3) is 0 Å². The molecule has 1 atom stereocenters. The number of nitrogens with two attached hydrogens (primary N) is 1. The number of aromatic amines is 1. The molecule has 0 aliphatic heterocycles. The number of carbonyl (C=O) groups excluding carboxylic acids is 1. The van der Waals surface area contributed by atoms with Crippen molar-refractivity contribution in [1.82, 2.24) is 14.8 Å². The first-order valence-corrected chi connectivity index (χ1v) is 6.73. The van der Waals surface area contributed by atoms with Gasteiger partial charge in [-0.2, -0.15) is 5.10 Å². The molecule has 1 aromatic carbocycles. The Morgan fingerprint density at radius 1 is 1.48 bits per heavy atom. The molecule has 0 saturated carbocycles. The fourth-order valence-electron chi connectivity index (χ4n) is 2.35. The first-order chi connectivity index (χ1) is 10.1. The van der Waals surface area contributed by atoms with Crippen LogP contribution in [0.3, 0.4) is 0 Å². The van der Waals surface area contributed by atoms with Gasteiger partial charge in [0.15, 0.2) is 0 Å². The van der Waals surface area contributed by atoms with Crippen molar-refractivity contribution < 1.29 is 4.79 Å². The third-order valence-corrected chi connectivity index (χ3v) is 3.42. The SMILES string of the molecule is Cn1cc(NC(=O)[C@@H](N)Cc2c[nH]c3ccccc23)cn1. The topological polar surface area (TPSA) is 88.7 Å². The number of H-pyrrole nitrogens is 1. The van der Waals surface area contributed by atoms with Crippen LogP contribution in [0.5, 0.6) is 0 Å². The Kier molecular flexibility index (Phi) is 3.45. The minimum absolute atomic E-state index is 0.215. The summed E-state index contributed by atoms with van der Waals surface area (Å²) in [7, 11) is 1.79. The fourth-order valence-corrected chi connectivity index (χ4v) is 2.35. The standard InChI is InChI=1S/C15H17N5O/c1-20-9-11(8-18-20)19-15(21)13(16)6-10-7-17-14-5-3-2-4-12(10)14/h2-5,7-9,13,17H,6,16H2,1H3,(H,19,21)/t13-/m0/s1. The molecule has 0 saturated heterocycles. The molecule has 0 radical (unpaired) electrons. The van der Waals surface area contributed by atoms with Gasteiger partial charge >= 0.3 is 0 Å². The van der Waals surface area contributed by atoms with Gasteiger partial charge in [-0.25, -0.2) is 0 Å². The molecule has 4 N–H and O–H groups in total. The molecule has 3 aromatic rings. The Bertz CT molecular complexity index is 773. The largest absolute Gasteiger partial charge is 0.361 e. The number of anilines is 1. The second-order valence-electron chi connectivity index (χ2n) is 5.06. The van der Waals surface area contributed by atoms with Gasteiger partial charge in [-0.1, -0.05) is 18.2 Å². The Labute approximate surface area is 121 Å². The lowest BCUT2D eigenvalue weighted by atomic mass is 10.1. The molecule has 0 aliphatic carbocycles. The second-order valence-corrected chi connectivity index (χ2v) is 5.06. The van der Waals surface area contributed by atoms with E-state index in [9.17, 15) is 4.79 Å². The molecule has 3 rings (SSSR count). The van der Waals surface area contributed by atoms with Gasteiger partial charge < -0.3 is 16.0 Å². The van der Waals surface area contributed by atoms with Crippen molar-refractivity contribution in [3.63, 3.8) is 0 Å². The number of aryl methyl sites for hydroxylation is 1. The molecule has 0 unspecified atom stereocenters. The number of fused-ring (bicyclic) bond motifs is 1. The summed E-state index contributed by atoms with van der Waals surface area (Å²) in [5.74, 6) is -0.215. The average Bonchev–Trinajstić information content (AvgIpc) is 3.06. The van der Waals surface area contributed by atoms with Crippen LogP contribution in [0.2, 0.25) is 0 Å². The van der Waals surface area contributed by atoms with Crippen molar-refractivity contribution in [2.75, 3.05) is 5.32 Å². The molecule has 108 valence electrons. The van der Waals surface area contributed by atoms with Gasteiger partial charge in [-0.15, -0.1) is 0 Å². The molecule has 2 heterocycles. The molecule has 1 amide bonds. The minimum Gasteiger partial charge on any atom is -0.361 e. The fraction of sp³-hybridized carbons (Fsp3) is 0.200. The minimum atomic E-state index is -0.607. The van der Waals surface area contributed by atoms with Crippen molar-refractivity contribution in [1.29, 1.82) is 0 Å². The van der Waals surface area contributed by atoms with Gasteiger partial charge in [-0.3, -0.25) is 9.48 Å². The zero-order valence-corrected chi connectivity index (χ0v) is 11.7. The number of hydrogen-bond acceptors (Lipinski definition) is 3. The maximum Gasteiger partial charge on any atom is 0.241 e. The Hall–Kier alpha value is -2.60. The molecule has 6 heteroatoms. The lowest BCUT2D eigenvalue weighted by Crippen LogP contribution is -2.37. The van der Waals surface area contributed by atoms with Gasteiger partial charge in [0.2, 0.25) is 5.91 Å². The van der Waals surface area contributed by atoms with Crippen molar-refractivity contribution in [2.45, 2.75) is 12.5 Å². The summed E-state index contributed by atoms with van der Waals surface area (Å²) >= 11 is 0. The van der Waals surface area contributed by atoms with Crippen LogP contribution in [0.15, 0.2) is 42.9 Å². The van der Waals surface area contributed by atoms with Crippen LogP contribution < -0.4 is 11.1 Å². The average molecular weight is 283 g/mol. The van der Waals surface area contributed by atoms with Crippen LogP contribution in [0.1, 0.15) is 5.56 Å². The summed E-state index contributed by atoms with van der Waals surface area (Å²) in [6.45, 7) is 0. The monoisotopic (exact) mass is 283 g/mol. The predicted molar refractivity (Wildman–Crippen MR) is 81.8 cm³/mol. The normalized spacial score (nSPS) is 12.5. The summed E-state index contributed by atoms with van der Waals surface area (Å²) in [6, 6.07) is 7.36. The molecule has 6 nitrogen and oxygen atoms in total. The van der Waals surface area contributed by atoms with Crippen LogP contribution >= 0.6 is 0 Å². The first-order valence-electron chi connectivity index (χ1n) is 6.73. The van der Waals surface area contributed by atoms with E-state index in [1.165, 1.54) is 0 Å². The highest BCUT2D eigenvalue weighted by molar-refractivity contribution is 5.95. The van der Waals surface area contributed by atoms with Crippen LogP contribution in [-0.4, -0.2) is 26.7 Å². The quantitative estimate of drug-likeness (QED) is 0.676. The van der Waals surface area contributed by atoms with E-state index in [1.54, 1.807) is 24.1 Å². The Morgan fingerprint density at radius 3 is 3.05 bits per heavy atom. The van der Waals surface area contributed by atoms with Crippen molar-refractivity contribution in [2.24, 2.45) is 12.8 Å². The zero-order valence-electron chi connectivity index (χ0n) is 11.7. The van der Waals surface area contributed by atoms with Gasteiger partial charge in [0, 0.05) is 30.3 Å². The number of hydrogen-bond donors (Lipinski definition) is 3. The summed E-state index contributed by atoms with van der Waals surface area (Å²) in [5, 5.41) is 7.87. The molecule has 2 aromatic heterocycles. The lowest BCUT2D eigenvalue weighted by molar-refractivity contribution is -0.117. The van der Waals surface area contributed by atoms with Crippen LogP contribution in [0.4, 0.5) is 5.69 Å². The Balaban J connectivity index is 1.70. The van der Waals surface area contributed by atoms with Crippen LogP contribution in [-0.2, 0) is 18.3 Å². The van der Waals surface area contributed by atoms with Gasteiger partial charge in [0.05, 0.1) is 17.9 Å². The highest BCUT2D eigenvalue weighted by Crippen LogP contribution is 2.19. The van der Waals surface area contributed by atoms with Crippen molar-refractivity contribution in [3.05, 3.63) is 48.4 Å². The maximum absolute atomic E-state index is 12.1. The molecular formula is C15H17N5O. The zero-order chi connectivity index (χ0) is 14.8. The smallest absolute Gasteiger partial charge is 0.241 e. The van der Waals surface area contributed by atoms with Crippen molar-refractivity contribution in [3.8, 4) is 0 Å². The van der Waals surface area contributed by atoms with Crippen LogP contribution in [0, 0.1) is 0 Å². The molecule has 21 heavy (non-hydrogen) atoms.